The molecule has 104 valence electrons. The summed E-state index contributed by atoms with van der Waals surface area (Å²) in [6, 6.07) is 6.44. The minimum atomic E-state index is 0.775. The van der Waals surface area contributed by atoms with Crippen molar-refractivity contribution in [3.8, 4) is 5.75 Å². The van der Waals surface area contributed by atoms with Crippen molar-refractivity contribution >= 4 is 5.69 Å². The summed E-state index contributed by atoms with van der Waals surface area (Å²) in [6.07, 6.45) is 1.31. The van der Waals surface area contributed by atoms with Gasteiger partial charge in [-0.05, 0) is 30.9 Å². The van der Waals surface area contributed by atoms with Crippen molar-refractivity contribution in [1.82, 2.24) is 4.90 Å². The lowest BCUT2D eigenvalue weighted by molar-refractivity contribution is 0.131. The van der Waals surface area contributed by atoms with Gasteiger partial charge in [0.25, 0.3) is 0 Å². The number of para-hydroxylation sites is 1. The van der Waals surface area contributed by atoms with Crippen LogP contribution in [-0.4, -0.2) is 31.1 Å². The molecule has 1 fully saturated rings. The summed E-state index contributed by atoms with van der Waals surface area (Å²) >= 11 is 0. The highest BCUT2D eigenvalue weighted by atomic mass is 16.5. The van der Waals surface area contributed by atoms with Gasteiger partial charge in [-0.25, -0.2) is 0 Å². The fraction of sp³-hybridized carbons (Fsp3) is 0.625. The van der Waals surface area contributed by atoms with Crippen LogP contribution in [0.15, 0.2) is 18.2 Å². The van der Waals surface area contributed by atoms with Gasteiger partial charge in [-0.2, -0.15) is 0 Å². The molecule has 2 aliphatic heterocycles. The molecule has 1 aromatic carbocycles. The predicted molar refractivity (Wildman–Crippen MR) is 78.6 cm³/mol. The van der Waals surface area contributed by atoms with Crippen LogP contribution in [0.25, 0.3) is 0 Å². The molecule has 0 saturated carbocycles. The molecule has 0 bridgehead atoms. The molecule has 1 aromatic rings. The quantitative estimate of drug-likeness (QED) is 0.884. The maximum absolute atomic E-state index is 5.85. The van der Waals surface area contributed by atoms with Crippen LogP contribution in [-0.2, 0) is 6.54 Å². The van der Waals surface area contributed by atoms with Gasteiger partial charge >= 0.3 is 0 Å². The first kappa shape index (κ1) is 12.8. The molecule has 0 aliphatic carbocycles. The summed E-state index contributed by atoms with van der Waals surface area (Å²) in [5.41, 5.74) is 2.48. The number of rotatable bonds is 2. The van der Waals surface area contributed by atoms with E-state index in [1.807, 2.05) is 0 Å². The van der Waals surface area contributed by atoms with Crippen molar-refractivity contribution in [2.24, 2.45) is 11.8 Å². The van der Waals surface area contributed by atoms with E-state index in [2.05, 4.69) is 42.3 Å². The lowest BCUT2D eigenvalue weighted by Gasteiger charge is -2.35. The molecule has 2 unspecified atom stereocenters. The summed E-state index contributed by atoms with van der Waals surface area (Å²) < 4.78 is 5.85. The van der Waals surface area contributed by atoms with Crippen LogP contribution in [0.4, 0.5) is 5.69 Å². The maximum Gasteiger partial charge on any atom is 0.146 e. The molecule has 1 saturated heterocycles. The Bertz CT molecular complexity index is 446. The second-order valence-electron chi connectivity index (χ2n) is 6.05. The molecule has 0 aromatic heterocycles. The highest BCUT2D eigenvalue weighted by Gasteiger charge is 2.24. The topological polar surface area (TPSA) is 24.5 Å². The first-order valence-electron chi connectivity index (χ1n) is 7.45. The Morgan fingerprint density at radius 1 is 1.32 bits per heavy atom. The molecule has 2 atom stereocenters. The van der Waals surface area contributed by atoms with Crippen LogP contribution in [0.3, 0.4) is 0 Å². The van der Waals surface area contributed by atoms with Gasteiger partial charge in [-0.3, -0.25) is 4.90 Å². The van der Waals surface area contributed by atoms with Crippen LogP contribution < -0.4 is 10.1 Å². The van der Waals surface area contributed by atoms with E-state index in [0.717, 1.165) is 43.0 Å². The number of ether oxygens (including phenoxy) is 1. The third kappa shape index (κ3) is 2.71. The van der Waals surface area contributed by atoms with Crippen LogP contribution in [0, 0.1) is 11.8 Å². The number of benzene rings is 1. The van der Waals surface area contributed by atoms with Crippen LogP contribution in [0.2, 0.25) is 0 Å². The van der Waals surface area contributed by atoms with Gasteiger partial charge in [-0.15, -0.1) is 0 Å². The molecule has 3 rings (SSSR count). The Morgan fingerprint density at radius 2 is 2.21 bits per heavy atom. The van der Waals surface area contributed by atoms with E-state index in [0.29, 0.717) is 0 Å². The van der Waals surface area contributed by atoms with E-state index in [4.69, 9.17) is 4.74 Å². The molecule has 0 amide bonds. The van der Waals surface area contributed by atoms with E-state index in [1.165, 1.54) is 25.1 Å². The monoisotopic (exact) mass is 260 g/mol. The van der Waals surface area contributed by atoms with Crippen molar-refractivity contribution in [2.45, 2.75) is 26.8 Å². The number of fused-ring (bicyclic) bond motifs is 1. The first-order chi connectivity index (χ1) is 9.24. The number of nitrogens with one attached hydrogen (secondary N) is 1. The standard InChI is InChI=1S/C16H24N2O/c1-12-6-8-18(10-13(12)2)11-14-4-3-5-15-16(14)19-9-7-17-15/h3-5,12-13,17H,6-11H2,1-2H3. The zero-order valence-corrected chi connectivity index (χ0v) is 12.0. The lowest BCUT2D eigenvalue weighted by Crippen LogP contribution is -2.38. The van der Waals surface area contributed by atoms with Crippen LogP contribution >= 0.6 is 0 Å². The third-order valence-corrected chi connectivity index (χ3v) is 4.57. The molecule has 3 nitrogen and oxygen atoms in total. The van der Waals surface area contributed by atoms with Gasteiger partial charge in [0.1, 0.15) is 12.4 Å². The molecule has 1 N–H and O–H groups in total. The molecular formula is C16H24N2O. The Hall–Kier alpha value is -1.22. The Balaban J connectivity index is 1.73. The summed E-state index contributed by atoms with van der Waals surface area (Å²) in [5, 5.41) is 3.41. The molecular weight excluding hydrogens is 236 g/mol. The van der Waals surface area contributed by atoms with Gasteiger partial charge in [0.15, 0.2) is 0 Å². The molecule has 0 radical (unpaired) electrons. The van der Waals surface area contributed by atoms with Crippen molar-refractivity contribution in [3.05, 3.63) is 23.8 Å². The van der Waals surface area contributed by atoms with E-state index >= 15 is 0 Å². The molecule has 19 heavy (non-hydrogen) atoms. The minimum Gasteiger partial charge on any atom is -0.489 e. The average molecular weight is 260 g/mol. The zero-order valence-electron chi connectivity index (χ0n) is 12.0. The van der Waals surface area contributed by atoms with Gasteiger partial charge in [0.2, 0.25) is 0 Å². The Kier molecular flexibility index (Phi) is 3.65. The molecule has 3 heteroatoms. The second-order valence-corrected chi connectivity index (χ2v) is 6.05. The number of likely N-dealkylation sites (tertiary alicyclic amines) is 1. The van der Waals surface area contributed by atoms with E-state index in [1.54, 1.807) is 0 Å². The minimum absolute atomic E-state index is 0.775. The smallest absolute Gasteiger partial charge is 0.146 e. The second kappa shape index (κ2) is 5.41. The van der Waals surface area contributed by atoms with E-state index in [-0.39, 0.29) is 0 Å². The van der Waals surface area contributed by atoms with Crippen molar-refractivity contribution in [3.63, 3.8) is 0 Å². The number of piperidine rings is 1. The normalized spacial score (nSPS) is 27.3. The fourth-order valence-corrected chi connectivity index (χ4v) is 3.09. The van der Waals surface area contributed by atoms with Crippen molar-refractivity contribution in [2.75, 3.05) is 31.6 Å². The van der Waals surface area contributed by atoms with Crippen molar-refractivity contribution < 1.29 is 4.74 Å². The number of hydrogen-bond acceptors (Lipinski definition) is 3. The largest absolute Gasteiger partial charge is 0.489 e. The SMILES string of the molecule is CC1CCN(Cc2cccc3c2OCCN3)CC1C. The van der Waals surface area contributed by atoms with Gasteiger partial charge in [-0.1, -0.05) is 26.0 Å². The Labute approximate surface area is 115 Å². The highest BCUT2D eigenvalue weighted by molar-refractivity contribution is 5.61. The molecule has 0 spiro atoms. The van der Waals surface area contributed by atoms with E-state index in [9.17, 15) is 0 Å². The molecule has 2 aliphatic rings. The molecule has 2 heterocycles. The van der Waals surface area contributed by atoms with Crippen LogP contribution in [0.5, 0.6) is 5.75 Å². The fourth-order valence-electron chi connectivity index (χ4n) is 3.09. The average Bonchev–Trinajstić information content (AvgIpc) is 2.43. The first-order valence-corrected chi connectivity index (χ1v) is 7.45. The van der Waals surface area contributed by atoms with Gasteiger partial charge in [0.05, 0.1) is 5.69 Å². The van der Waals surface area contributed by atoms with Crippen molar-refractivity contribution in [1.29, 1.82) is 0 Å². The number of nitrogens with zero attached hydrogens (tertiary/aromatic N) is 1. The highest BCUT2D eigenvalue weighted by Crippen LogP contribution is 2.33. The van der Waals surface area contributed by atoms with Crippen LogP contribution in [0.1, 0.15) is 25.8 Å². The predicted octanol–water partition coefficient (Wildman–Crippen LogP) is 2.97. The van der Waals surface area contributed by atoms with Gasteiger partial charge in [0, 0.05) is 25.2 Å². The number of anilines is 1. The summed E-state index contributed by atoms with van der Waals surface area (Å²) in [7, 11) is 0. The summed E-state index contributed by atoms with van der Waals surface area (Å²) in [6.45, 7) is 9.86. The third-order valence-electron chi connectivity index (χ3n) is 4.57. The van der Waals surface area contributed by atoms with E-state index < -0.39 is 0 Å². The Morgan fingerprint density at radius 3 is 3.05 bits per heavy atom. The summed E-state index contributed by atoms with van der Waals surface area (Å²) in [5.74, 6) is 2.73. The maximum atomic E-state index is 5.85. The number of hydrogen-bond donors (Lipinski definition) is 1. The lowest BCUT2D eigenvalue weighted by atomic mass is 9.88. The van der Waals surface area contributed by atoms with Gasteiger partial charge < -0.3 is 10.1 Å². The summed E-state index contributed by atoms with van der Waals surface area (Å²) in [4.78, 5) is 2.57. The zero-order chi connectivity index (χ0) is 13.2.